The van der Waals surface area contributed by atoms with Gasteiger partial charge in [0.15, 0.2) is 0 Å². The zero-order chi connectivity index (χ0) is 15.0. The normalized spacial score (nSPS) is 11.4. The van der Waals surface area contributed by atoms with Gasteiger partial charge in [-0.1, -0.05) is 30.3 Å². The Labute approximate surface area is 116 Å². The van der Waals surface area contributed by atoms with E-state index in [4.69, 9.17) is 11.5 Å². The zero-order valence-corrected chi connectivity index (χ0v) is 11.0. The molecule has 0 aromatic heterocycles. The van der Waals surface area contributed by atoms with E-state index >= 15 is 0 Å². The molecule has 20 heavy (non-hydrogen) atoms. The van der Waals surface area contributed by atoms with Gasteiger partial charge in [-0.3, -0.25) is 14.4 Å². The molecule has 0 fully saturated rings. The number of carbonyl (C=O) groups excluding carboxylic acids is 3. The van der Waals surface area contributed by atoms with Crippen LogP contribution in [-0.4, -0.2) is 36.9 Å². The van der Waals surface area contributed by atoms with Crippen molar-refractivity contribution >= 4 is 17.7 Å². The van der Waals surface area contributed by atoms with E-state index in [1.54, 1.807) is 0 Å². The summed E-state index contributed by atoms with van der Waals surface area (Å²) in [6.45, 7) is -0.439. The Morgan fingerprint density at radius 2 is 1.75 bits per heavy atom. The third-order valence-corrected chi connectivity index (χ3v) is 2.59. The van der Waals surface area contributed by atoms with E-state index in [0.717, 1.165) is 5.56 Å². The second kappa shape index (κ2) is 7.90. The topological polar surface area (TPSA) is 127 Å². The standard InChI is InChI=1S/C13H18N4O3/c14-7-11(18)16-8-12(19)17-10(13(15)20)6-9-4-2-1-3-5-9/h1-5,10H,6-8,14H2,(H2,15,20)(H,16,18)(H,17,19)/t10-/m0/s1. The Kier molecular flexibility index (Phi) is 6.18. The maximum Gasteiger partial charge on any atom is 0.240 e. The highest BCUT2D eigenvalue weighted by Gasteiger charge is 2.18. The molecule has 0 saturated carbocycles. The van der Waals surface area contributed by atoms with Crippen molar-refractivity contribution < 1.29 is 14.4 Å². The van der Waals surface area contributed by atoms with Crippen molar-refractivity contribution in [1.29, 1.82) is 0 Å². The van der Waals surface area contributed by atoms with Crippen molar-refractivity contribution in [3.8, 4) is 0 Å². The molecular formula is C13H18N4O3. The number of benzene rings is 1. The van der Waals surface area contributed by atoms with Crippen LogP contribution in [0.3, 0.4) is 0 Å². The Hall–Kier alpha value is -2.41. The lowest BCUT2D eigenvalue weighted by atomic mass is 10.1. The first kappa shape index (κ1) is 15.6. The maximum atomic E-state index is 11.6. The lowest BCUT2D eigenvalue weighted by molar-refractivity contribution is -0.128. The fraction of sp³-hybridized carbons (Fsp3) is 0.308. The van der Waals surface area contributed by atoms with Crippen LogP contribution in [0.4, 0.5) is 0 Å². The van der Waals surface area contributed by atoms with Gasteiger partial charge in [0.2, 0.25) is 17.7 Å². The van der Waals surface area contributed by atoms with Gasteiger partial charge < -0.3 is 22.1 Å². The summed E-state index contributed by atoms with van der Waals surface area (Å²) in [7, 11) is 0. The second-order valence-corrected chi connectivity index (χ2v) is 4.19. The van der Waals surface area contributed by atoms with Crippen LogP contribution in [0.1, 0.15) is 5.56 Å². The molecule has 1 atom stereocenters. The summed E-state index contributed by atoms with van der Waals surface area (Å²) in [5.74, 6) is -1.57. The van der Waals surface area contributed by atoms with Gasteiger partial charge in [-0.25, -0.2) is 0 Å². The van der Waals surface area contributed by atoms with Crippen LogP contribution < -0.4 is 22.1 Å². The summed E-state index contributed by atoms with van der Waals surface area (Å²) >= 11 is 0. The highest BCUT2D eigenvalue weighted by Crippen LogP contribution is 2.02. The Morgan fingerprint density at radius 1 is 1.10 bits per heavy atom. The average Bonchev–Trinajstić information content (AvgIpc) is 2.45. The third kappa shape index (κ3) is 5.49. The molecule has 7 nitrogen and oxygen atoms in total. The number of hydrogen-bond donors (Lipinski definition) is 4. The van der Waals surface area contributed by atoms with Crippen LogP contribution in [0, 0.1) is 0 Å². The van der Waals surface area contributed by atoms with E-state index in [-0.39, 0.29) is 13.1 Å². The first-order valence-corrected chi connectivity index (χ1v) is 6.12. The molecular weight excluding hydrogens is 260 g/mol. The van der Waals surface area contributed by atoms with Crippen molar-refractivity contribution in [2.24, 2.45) is 11.5 Å². The van der Waals surface area contributed by atoms with Crippen molar-refractivity contribution in [3.05, 3.63) is 35.9 Å². The van der Waals surface area contributed by atoms with E-state index in [0.29, 0.717) is 6.42 Å². The van der Waals surface area contributed by atoms with Crippen LogP contribution in [0.2, 0.25) is 0 Å². The Bertz CT molecular complexity index is 476. The lowest BCUT2D eigenvalue weighted by Gasteiger charge is -2.15. The Balaban J connectivity index is 2.53. The molecule has 0 spiro atoms. The molecule has 0 unspecified atom stereocenters. The number of nitrogens with two attached hydrogens (primary N) is 2. The number of nitrogens with one attached hydrogen (secondary N) is 2. The summed E-state index contributed by atoms with van der Waals surface area (Å²) < 4.78 is 0. The second-order valence-electron chi connectivity index (χ2n) is 4.19. The Morgan fingerprint density at radius 3 is 2.30 bits per heavy atom. The van der Waals surface area contributed by atoms with Crippen molar-refractivity contribution in [2.75, 3.05) is 13.1 Å². The molecule has 1 rings (SSSR count). The quantitative estimate of drug-likeness (QED) is 0.472. The summed E-state index contributed by atoms with van der Waals surface area (Å²) in [5, 5.41) is 4.79. The molecule has 0 bridgehead atoms. The minimum Gasteiger partial charge on any atom is -0.368 e. The summed E-state index contributed by atoms with van der Waals surface area (Å²) in [4.78, 5) is 33.8. The molecule has 0 aliphatic heterocycles. The van der Waals surface area contributed by atoms with Crippen LogP contribution >= 0.6 is 0 Å². The molecule has 0 aliphatic rings. The highest BCUT2D eigenvalue weighted by molar-refractivity contribution is 5.89. The number of rotatable bonds is 7. The predicted molar refractivity (Wildman–Crippen MR) is 73.3 cm³/mol. The molecule has 1 aromatic rings. The SMILES string of the molecule is NCC(=O)NCC(=O)N[C@@H](Cc1ccccc1)C(N)=O. The minimum atomic E-state index is -0.820. The van der Waals surface area contributed by atoms with E-state index in [1.807, 2.05) is 30.3 Å². The van der Waals surface area contributed by atoms with Gasteiger partial charge in [-0.15, -0.1) is 0 Å². The molecule has 0 radical (unpaired) electrons. The molecule has 0 saturated heterocycles. The third-order valence-electron chi connectivity index (χ3n) is 2.59. The van der Waals surface area contributed by atoms with E-state index in [2.05, 4.69) is 10.6 Å². The van der Waals surface area contributed by atoms with Gasteiger partial charge in [0.25, 0.3) is 0 Å². The molecule has 0 heterocycles. The summed E-state index contributed by atoms with van der Waals surface area (Å²) in [6, 6.07) is 8.35. The monoisotopic (exact) mass is 278 g/mol. The van der Waals surface area contributed by atoms with Crippen molar-refractivity contribution in [1.82, 2.24) is 10.6 Å². The van der Waals surface area contributed by atoms with Crippen LogP contribution in [0.25, 0.3) is 0 Å². The van der Waals surface area contributed by atoms with E-state index in [1.165, 1.54) is 0 Å². The molecule has 108 valence electrons. The van der Waals surface area contributed by atoms with Crippen LogP contribution in [0.15, 0.2) is 30.3 Å². The van der Waals surface area contributed by atoms with Gasteiger partial charge in [0, 0.05) is 6.42 Å². The predicted octanol–water partition coefficient (Wildman–Crippen LogP) is -1.73. The van der Waals surface area contributed by atoms with E-state index in [9.17, 15) is 14.4 Å². The fourth-order valence-corrected chi connectivity index (χ4v) is 1.57. The summed E-state index contributed by atoms with van der Waals surface area (Å²) in [6.07, 6.45) is 0.298. The first-order chi connectivity index (χ1) is 9.52. The number of hydrogen-bond acceptors (Lipinski definition) is 4. The smallest absolute Gasteiger partial charge is 0.240 e. The van der Waals surface area contributed by atoms with Gasteiger partial charge in [-0.2, -0.15) is 0 Å². The number of amides is 3. The maximum absolute atomic E-state index is 11.6. The van der Waals surface area contributed by atoms with Crippen LogP contribution in [0.5, 0.6) is 0 Å². The van der Waals surface area contributed by atoms with Gasteiger partial charge in [0.1, 0.15) is 6.04 Å². The molecule has 1 aromatic carbocycles. The summed E-state index contributed by atoms with van der Waals surface area (Å²) in [5.41, 5.74) is 11.2. The lowest BCUT2D eigenvalue weighted by Crippen LogP contribution is -2.49. The van der Waals surface area contributed by atoms with Gasteiger partial charge >= 0.3 is 0 Å². The molecule has 0 aliphatic carbocycles. The molecule has 3 amide bonds. The van der Waals surface area contributed by atoms with E-state index < -0.39 is 23.8 Å². The van der Waals surface area contributed by atoms with Gasteiger partial charge in [-0.05, 0) is 5.56 Å². The van der Waals surface area contributed by atoms with Crippen LogP contribution in [-0.2, 0) is 20.8 Å². The fourth-order valence-electron chi connectivity index (χ4n) is 1.57. The van der Waals surface area contributed by atoms with Crippen molar-refractivity contribution in [3.63, 3.8) is 0 Å². The largest absolute Gasteiger partial charge is 0.368 e. The average molecular weight is 278 g/mol. The first-order valence-electron chi connectivity index (χ1n) is 6.12. The number of primary amides is 1. The van der Waals surface area contributed by atoms with Gasteiger partial charge in [0.05, 0.1) is 13.1 Å². The highest BCUT2D eigenvalue weighted by atomic mass is 16.2. The van der Waals surface area contributed by atoms with Crippen molar-refractivity contribution in [2.45, 2.75) is 12.5 Å². The zero-order valence-electron chi connectivity index (χ0n) is 11.0. The molecule has 7 heteroatoms. The molecule has 6 N–H and O–H groups in total. The number of carbonyl (C=O) groups is 3. The minimum absolute atomic E-state index is 0.198.